The molecule has 3 aromatic heterocycles. The Morgan fingerprint density at radius 1 is 0.955 bits per heavy atom. The normalized spacial score (nSPS) is 17.2. The van der Waals surface area contributed by atoms with Crippen LogP contribution in [0.3, 0.4) is 0 Å². The predicted molar refractivity (Wildman–Crippen MR) is 165 cm³/mol. The lowest BCUT2D eigenvalue weighted by Gasteiger charge is -2.39. The van der Waals surface area contributed by atoms with E-state index in [-0.39, 0.29) is 11.3 Å². The lowest BCUT2D eigenvalue weighted by molar-refractivity contribution is -0.169. The number of ether oxygens (including phenoxy) is 2. The standard InChI is InChI=1S/C32H37F2N7O3/c1-31(2,3)29-36-23-15-21(19-17-35-37(4)18-19)22(28(33)34)16-24(23)41(29)20-13-25-27(39(6)30(42)38(25)5)26(14-20)40-9-7-32(8-10-40)43-11-12-44-32/h13-18,28H,7-12H2,1-6H3. The van der Waals surface area contributed by atoms with E-state index >= 15 is 0 Å². The maximum absolute atomic E-state index is 14.6. The maximum atomic E-state index is 14.6. The Kier molecular flexibility index (Phi) is 6.53. The van der Waals surface area contributed by atoms with Crippen LogP contribution in [-0.2, 0) is 36.0 Å². The Bertz CT molecular complexity index is 1960. The molecule has 2 aromatic carbocycles. The van der Waals surface area contributed by atoms with Crippen molar-refractivity contribution in [1.29, 1.82) is 0 Å². The summed E-state index contributed by atoms with van der Waals surface area (Å²) in [7, 11) is 5.30. The van der Waals surface area contributed by atoms with Gasteiger partial charge in [-0.2, -0.15) is 5.10 Å². The molecule has 44 heavy (non-hydrogen) atoms. The van der Waals surface area contributed by atoms with Gasteiger partial charge in [0, 0.05) is 69.8 Å². The van der Waals surface area contributed by atoms with E-state index < -0.39 is 17.6 Å². The lowest BCUT2D eigenvalue weighted by Crippen LogP contribution is -2.45. The van der Waals surface area contributed by atoms with Gasteiger partial charge in [-0.1, -0.05) is 20.8 Å². The number of alkyl halides is 2. The Morgan fingerprint density at radius 2 is 1.66 bits per heavy atom. The first-order chi connectivity index (χ1) is 20.9. The van der Waals surface area contributed by atoms with Gasteiger partial charge in [-0.25, -0.2) is 18.6 Å². The molecule has 10 nitrogen and oxygen atoms in total. The van der Waals surface area contributed by atoms with E-state index in [9.17, 15) is 13.6 Å². The summed E-state index contributed by atoms with van der Waals surface area (Å²) in [5, 5.41) is 4.20. The first kappa shape index (κ1) is 28.7. The van der Waals surface area contributed by atoms with E-state index in [0.29, 0.717) is 61.3 Å². The van der Waals surface area contributed by atoms with E-state index in [2.05, 4.69) is 36.8 Å². The highest BCUT2D eigenvalue weighted by Crippen LogP contribution is 2.41. The van der Waals surface area contributed by atoms with E-state index in [0.717, 1.165) is 28.2 Å². The minimum Gasteiger partial charge on any atom is -0.369 e. The molecule has 2 aliphatic heterocycles. The molecule has 0 aliphatic carbocycles. The van der Waals surface area contributed by atoms with Crippen LogP contribution in [0.4, 0.5) is 14.5 Å². The van der Waals surface area contributed by atoms with Crippen molar-refractivity contribution in [3.63, 3.8) is 0 Å². The van der Waals surface area contributed by atoms with Crippen LogP contribution in [0.1, 0.15) is 51.4 Å². The Labute approximate surface area is 253 Å². The van der Waals surface area contributed by atoms with Crippen molar-refractivity contribution in [2.45, 2.75) is 51.2 Å². The molecule has 0 amide bonds. The number of piperidine rings is 1. The number of imidazole rings is 2. The van der Waals surface area contributed by atoms with Gasteiger partial charge in [0.15, 0.2) is 5.79 Å². The zero-order valence-corrected chi connectivity index (χ0v) is 25.9. The molecule has 12 heteroatoms. The summed E-state index contributed by atoms with van der Waals surface area (Å²) in [5.74, 6) is 0.181. The predicted octanol–water partition coefficient (Wildman–Crippen LogP) is 5.19. The lowest BCUT2D eigenvalue weighted by atomic mass is 9.95. The van der Waals surface area contributed by atoms with E-state index in [1.54, 1.807) is 59.5 Å². The summed E-state index contributed by atoms with van der Waals surface area (Å²) in [6.45, 7) is 8.74. The molecule has 0 unspecified atom stereocenters. The summed E-state index contributed by atoms with van der Waals surface area (Å²) >= 11 is 0. The van der Waals surface area contributed by atoms with Gasteiger partial charge in [-0.3, -0.25) is 18.4 Å². The summed E-state index contributed by atoms with van der Waals surface area (Å²) in [4.78, 5) is 20.5. The highest BCUT2D eigenvalue weighted by molar-refractivity contribution is 5.93. The Hall–Kier alpha value is -4.03. The van der Waals surface area contributed by atoms with Gasteiger partial charge >= 0.3 is 5.69 Å². The number of fused-ring (bicyclic) bond motifs is 2. The Balaban J connectivity index is 1.47. The van der Waals surface area contributed by atoms with Gasteiger partial charge in [0.25, 0.3) is 6.43 Å². The number of aryl methyl sites for hydroxylation is 3. The van der Waals surface area contributed by atoms with Crippen LogP contribution in [0.5, 0.6) is 0 Å². The van der Waals surface area contributed by atoms with Crippen molar-refractivity contribution in [3.8, 4) is 16.8 Å². The smallest absolute Gasteiger partial charge is 0.328 e. The highest BCUT2D eigenvalue weighted by Gasteiger charge is 2.40. The van der Waals surface area contributed by atoms with Crippen molar-refractivity contribution in [3.05, 3.63) is 58.5 Å². The highest BCUT2D eigenvalue weighted by atomic mass is 19.3. The molecule has 0 saturated carbocycles. The first-order valence-electron chi connectivity index (χ1n) is 14.9. The molecular weight excluding hydrogens is 568 g/mol. The molecule has 232 valence electrons. The zero-order chi connectivity index (χ0) is 31.1. The number of benzene rings is 2. The molecule has 5 aromatic rings. The van der Waals surface area contributed by atoms with Gasteiger partial charge in [0.05, 0.1) is 52.9 Å². The van der Waals surface area contributed by atoms with Gasteiger partial charge in [0.2, 0.25) is 0 Å². The van der Waals surface area contributed by atoms with Crippen LogP contribution in [0, 0.1) is 0 Å². The molecule has 2 aliphatic rings. The van der Waals surface area contributed by atoms with Crippen LogP contribution in [-0.4, -0.2) is 60.6 Å². The molecule has 0 N–H and O–H groups in total. The fourth-order valence-electron chi connectivity index (χ4n) is 6.75. The van der Waals surface area contributed by atoms with Crippen molar-refractivity contribution in [1.82, 2.24) is 28.5 Å². The third-order valence-corrected chi connectivity index (χ3v) is 9.01. The zero-order valence-electron chi connectivity index (χ0n) is 25.9. The number of rotatable bonds is 4. The summed E-state index contributed by atoms with van der Waals surface area (Å²) in [5.41, 5.74) is 4.78. The van der Waals surface area contributed by atoms with Crippen LogP contribution in [0.2, 0.25) is 0 Å². The molecule has 0 bridgehead atoms. The van der Waals surface area contributed by atoms with Crippen molar-refractivity contribution in [2.75, 3.05) is 31.2 Å². The van der Waals surface area contributed by atoms with Gasteiger partial charge in [-0.05, 0) is 29.8 Å². The molecule has 5 heterocycles. The number of aromatic nitrogens is 6. The fourth-order valence-corrected chi connectivity index (χ4v) is 6.75. The number of halogens is 2. The fraction of sp³-hybridized carbons (Fsp3) is 0.469. The average Bonchev–Trinajstić information content (AvgIpc) is 3.76. The molecule has 0 radical (unpaired) electrons. The quantitative estimate of drug-likeness (QED) is 0.280. The maximum Gasteiger partial charge on any atom is 0.328 e. The van der Waals surface area contributed by atoms with Crippen molar-refractivity contribution < 1.29 is 18.3 Å². The molecule has 0 atom stereocenters. The summed E-state index contributed by atoms with van der Waals surface area (Å²) in [6, 6.07) is 7.31. The second-order valence-corrected chi connectivity index (χ2v) is 13.0. The molecule has 7 rings (SSSR count). The van der Waals surface area contributed by atoms with Crippen LogP contribution < -0.4 is 10.6 Å². The van der Waals surface area contributed by atoms with Gasteiger partial charge < -0.3 is 14.4 Å². The van der Waals surface area contributed by atoms with E-state index in [1.807, 2.05) is 10.6 Å². The number of anilines is 1. The third-order valence-electron chi connectivity index (χ3n) is 9.01. The largest absolute Gasteiger partial charge is 0.369 e. The average molecular weight is 606 g/mol. The number of hydrogen-bond acceptors (Lipinski definition) is 6. The summed E-state index contributed by atoms with van der Waals surface area (Å²) in [6.07, 6.45) is 2.03. The van der Waals surface area contributed by atoms with Crippen LogP contribution >= 0.6 is 0 Å². The number of hydrogen-bond donors (Lipinski definition) is 0. The molecular formula is C32H37F2N7O3. The third kappa shape index (κ3) is 4.45. The SMILES string of the molecule is Cn1cc(-c2cc3nc(C(C)(C)C)n(-c4cc(N5CCC6(CC5)OCCO6)c5c(c4)n(C)c(=O)n5C)c3cc2C(F)F)cn1. The second-order valence-electron chi connectivity index (χ2n) is 13.0. The van der Waals surface area contributed by atoms with Gasteiger partial charge in [-0.15, -0.1) is 0 Å². The number of nitrogens with zero attached hydrogens (tertiary/aromatic N) is 7. The van der Waals surface area contributed by atoms with E-state index in [1.165, 1.54) is 0 Å². The van der Waals surface area contributed by atoms with Crippen molar-refractivity contribution >= 4 is 27.8 Å². The minimum atomic E-state index is -2.70. The molecule has 2 fully saturated rings. The molecule has 2 saturated heterocycles. The monoisotopic (exact) mass is 605 g/mol. The minimum absolute atomic E-state index is 0.0848. The Morgan fingerprint density at radius 3 is 2.27 bits per heavy atom. The first-order valence-corrected chi connectivity index (χ1v) is 14.9. The van der Waals surface area contributed by atoms with Crippen LogP contribution in [0.25, 0.3) is 38.9 Å². The van der Waals surface area contributed by atoms with Crippen LogP contribution in [0.15, 0.2) is 41.5 Å². The molecule has 1 spiro atoms. The van der Waals surface area contributed by atoms with E-state index in [4.69, 9.17) is 14.5 Å². The summed E-state index contributed by atoms with van der Waals surface area (Å²) < 4.78 is 48.1. The van der Waals surface area contributed by atoms with Gasteiger partial charge in [0.1, 0.15) is 5.82 Å². The topological polar surface area (TPSA) is 84.3 Å². The van der Waals surface area contributed by atoms with Crippen molar-refractivity contribution in [2.24, 2.45) is 21.1 Å². The second kappa shape index (κ2) is 10.00.